The van der Waals surface area contributed by atoms with E-state index in [1.165, 1.54) is 6.07 Å². The summed E-state index contributed by atoms with van der Waals surface area (Å²) in [5, 5.41) is 9.97. The van der Waals surface area contributed by atoms with Crippen molar-refractivity contribution in [2.24, 2.45) is 4.99 Å². The van der Waals surface area contributed by atoms with Crippen LogP contribution in [0.4, 0.5) is 9.18 Å². The van der Waals surface area contributed by atoms with Crippen molar-refractivity contribution in [3.63, 3.8) is 0 Å². The van der Waals surface area contributed by atoms with Crippen LogP contribution in [0.25, 0.3) is 0 Å². The number of nitrogens with one attached hydrogen (secondary N) is 3. The maximum Gasteiger partial charge on any atom is 0.407 e. The van der Waals surface area contributed by atoms with E-state index < -0.39 is 5.60 Å². The number of rotatable bonds is 5. The second-order valence-corrected chi connectivity index (χ2v) is 9.28. The average Bonchev–Trinajstić information content (AvgIpc) is 3.41. The zero-order chi connectivity index (χ0) is 21.7. The summed E-state index contributed by atoms with van der Waals surface area (Å²) in [7, 11) is 0. The Hall–Kier alpha value is -2.31. The van der Waals surface area contributed by atoms with Gasteiger partial charge in [0.05, 0.1) is 0 Å². The molecule has 0 aromatic heterocycles. The molecule has 0 heterocycles. The van der Waals surface area contributed by atoms with Gasteiger partial charge in [0.1, 0.15) is 11.4 Å². The molecule has 0 spiro atoms. The minimum Gasteiger partial charge on any atom is -0.444 e. The van der Waals surface area contributed by atoms with E-state index in [1.54, 1.807) is 6.07 Å². The molecule has 6 nitrogen and oxygen atoms in total. The molecule has 7 heteroatoms. The number of hydrogen-bond donors (Lipinski definition) is 3. The second kappa shape index (κ2) is 9.67. The van der Waals surface area contributed by atoms with Gasteiger partial charge in [-0.25, -0.2) is 9.18 Å². The Balaban J connectivity index is 1.44. The van der Waals surface area contributed by atoms with Crippen LogP contribution in [-0.4, -0.2) is 42.3 Å². The van der Waals surface area contributed by atoms with Crippen LogP contribution in [0.5, 0.6) is 0 Å². The lowest BCUT2D eigenvalue weighted by Gasteiger charge is -2.31. The Morgan fingerprint density at radius 3 is 2.33 bits per heavy atom. The van der Waals surface area contributed by atoms with Crippen molar-refractivity contribution in [1.29, 1.82) is 0 Å². The molecule has 2 aliphatic rings. The number of aliphatic imine (C=N–C) groups is 1. The van der Waals surface area contributed by atoms with Crippen molar-refractivity contribution in [2.75, 3.05) is 6.54 Å². The van der Waals surface area contributed by atoms with Crippen LogP contribution < -0.4 is 16.0 Å². The Kier molecular flexibility index (Phi) is 7.21. The highest BCUT2D eigenvalue weighted by Gasteiger charge is 2.40. The van der Waals surface area contributed by atoms with Gasteiger partial charge in [0.2, 0.25) is 0 Å². The van der Waals surface area contributed by atoms with E-state index >= 15 is 0 Å². The van der Waals surface area contributed by atoms with Crippen LogP contribution in [-0.2, 0) is 4.74 Å². The third-order valence-corrected chi connectivity index (χ3v) is 5.52. The number of carbonyl (C=O) groups excluding carboxylic acids is 1. The molecule has 3 rings (SSSR count). The molecular formula is C23H35FN4O2. The maximum atomic E-state index is 14.0. The number of guanidine groups is 1. The Labute approximate surface area is 179 Å². The zero-order valence-electron chi connectivity index (χ0n) is 18.5. The summed E-state index contributed by atoms with van der Waals surface area (Å²) >= 11 is 0. The van der Waals surface area contributed by atoms with Crippen LogP contribution in [0, 0.1) is 5.82 Å². The molecule has 0 bridgehead atoms. The van der Waals surface area contributed by atoms with Crippen molar-refractivity contribution >= 4 is 12.1 Å². The van der Waals surface area contributed by atoms with Gasteiger partial charge >= 0.3 is 6.09 Å². The monoisotopic (exact) mass is 418 g/mol. The predicted molar refractivity (Wildman–Crippen MR) is 117 cm³/mol. The molecule has 0 saturated heterocycles. The van der Waals surface area contributed by atoms with E-state index in [0.29, 0.717) is 12.6 Å². The minimum atomic E-state index is -0.483. The normalized spacial score (nSPS) is 26.6. The number of nitrogens with zero attached hydrogens (tertiary/aromatic N) is 1. The van der Waals surface area contributed by atoms with Crippen LogP contribution in [0.15, 0.2) is 29.3 Å². The lowest BCUT2D eigenvalue weighted by Crippen LogP contribution is -2.48. The van der Waals surface area contributed by atoms with Gasteiger partial charge in [-0.3, -0.25) is 4.99 Å². The highest BCUT2D eigenvalue weighted by molar-refractivity contribution is 5.81. The van der Waals surface area contributed by atoms with E-state index in [4.69, 9.17) is 4.74 Å². The van der Waals surface area contributed by atoms with Crippen molar-refractivity contribution in [3.05, 3.63) is 35.6 Å². The SMILES string of the molecule is CCN=C(NC1CCC(NC(=O)OC(C)(C)C)CC1)NC1CC1c1ccccc1F. The summed E-state index contributed by atoms with van der Waals surface area (Å²) in [6, 6.07) is 7.67. The molecule has 2 saturated carbocycles. The fourth-order valence-electron chi connectivity index (χ4n) is 3.99. The number of hydrogen-bond acceptors (Lipinski definition) is 3. The van der Waals surface area contributed by atoms with Gasteiger partial charge in [0.25, 0.3) is 0 Å². The number of alkyl carbamates (subject to hydrolysis) is 1. The van der Waals surface area contributed by atoms with Gasteiger partial charge in [-0.1, -0.05) is 18.2 Å². The molecule has 1 aromatic rings. The molecular weight excluding hydrogens is 383 g/mol. The Morgan fingerprint density at radius 1 is 1.10 bits per heavy atom. The first-order valence-electron chi connectivity index (χ1n) is 11.1. The van der Waals surface area contributed by atoms with Crippen LogP contribution in [0.1, 0.15) is 71.3 Å². The summed E-state index contributed by atoms with van der Waals surface area (Å²) in [4.78, 5) is 16.5. The number of benzene rings is 1. The van der Waals surface area contributed by atoms with Gasteiger partial charge in [-0.2, -0.15) is 0 Å². The minimum absolute atomic E-state index is 0.135. The third-order valence-electron chi connectivity index (χ3n) is 5.52. The quantitative estimate of drug-likeness (QED) is 0.498. The largest absolute Gasteiger partial charge is 0.444 e. The van der Waals surface area contributed by atoms with E-state index in [9.17, 15) is 9.18 Å². The first-order chi connectivity index (χ1) is 14.2. The van der Waals surface area contributed by atoms with E-state index in [1.807, 2.05) is 39.8 Å². The molecule has 0 radical (unpaired) electrons. The second-order valence-electron chi connectivity index (χ2n) is 9.28. The Bertz CT molecular complexity index is 754. The van der Waals surface area contributed by atoms with Crippen molar-refractivity contribution in [2.45, 2.75) is 89.4 Å². The molecule has 2 aliphatic carbocycles. The molecule has 0 aliphatic heterocycles. The zero-order valence-corrected chi connectivity index (χ0v) is 18.5. The predicted octanol–water partition coefficient (Wildman–Crippen LogP) is 4.07. The van der Waals surface area contributed by atoms with E-state index in [2.05, 4.69) is 20.9 Å². The fourth-order valence-corrected chi connectivity index (χ4v) is 3.99. The summed E-state index contributed by atoms with van der Waals surface area (Å²) in [5.74, 6) is 0.860. The van der Waals surface area contributed by atoms with Gasteiger partial charge in [0, 0.05) is 30.6 Å². The maximum absolute atomic E-state index is 14.0. The van der Waals surface area contributed by atoms with E-state index in [-0.39, 0.29) is 29.9 Å². The summed E-state index contributed by atoms with van der Waals surface area (Å²) < 4.78 is 19.4. The van der Waals surface area contributed by atoms with Gasteiger partial charge < -0.3 is 20.7 Å². The summed E-state index contributed by atoms with van der Waals surface area (Å²) in [6.45, 7) is 8.29. The fraction of sp³-hybridized carbons (Fsp3) is 0.652. The number of amides is 1. The van der Waals surface area contributed by atoms with Crippen molar-refractivity contribution in [3.8, 4) is 0 Å². The molecule has 166 valence electrons. The molecule has 30 heavy (non-hydrogen) atoms. The number of carbonyl (C=O) groups is 1. The molecule has 1 amide bonds. The molecule has 1 aromatic carbocycles. The smallest absolute Gasteiger partial charge is 0.407 e. The highest BCUT2D eigenvalue weighted by atomic mass is 19.1. The summed E-state index contributed by atoms with van der Waals surface area (Å²) in [5.41, 5.74) is 0.295. The summed E-state index contributed by atoms with van der Waals surface area (Å²) in [6.07, 6.45) is 4.27. The van der Waals surface area contributed by atoms with Crippen LogP contribution >= 0.6 is 0 Å². The molecule has 3 N–H and O–H groups in total. The Morgan fingerprint density at radius 2 is 1.73 bits per heavy atom. The van der Waals surface area contributed by atoms with Crippen molar-refractivity contribution < 1.29 is 13.9 Å². The third kappa shape index (κ3) is 6.61. The number of halogens is 1. The van der Waals surface area contributed by atoms with Crippen LogP contribution in [0.2, 0.25) is 0 Å². The molecule has 2 atom stereocenters. The van der Waals surface area contributed by atoms with Gasteiger partial charge in [-0.05, 0) is 71.4 Å². The van der Waals surface area contributed by atoms with Gasteiger partial charge in [-0.15, -0.1) is 0 Å². The first kappa shape index (κ1) is 22.4. The van der Waals surface area contributed by atoms with Gasteiger partial charge in [0.15, 0.2) is 5.96 Å². The topological polar surface area (TPSA) is 74.8 Å². The molecule has 2 unspecified atom stereocenters. The van der Waals surface area contributed by atoms with Crippen LogP contribution in [0.3, 0.4) is 0 Å². The van der Waals surface area contributed by atoms with E-state index in [0.717, 1.165) is 43.6 Å². The number of ether oxygens (including phenoxy) is 1. The molecule has 2 fully saturated rings. The average molecular weight is 419 g/mol. The standard InChI is InChI=1S/C23H35FN4O2/c1-5-25-21(28-20-14-18(20)17-8-6-7-9-19(17)24)26-15-10-12-16(13-11-15)27-22(29)30-23(2,3)4/h6-9,15-16,18,20H,5,10-14H2,1-4H3,(H,27,29)(H2,25,26,28). The highest BCUT2D eigenvalue weighted by Crippen LogP contribution is 2.41. The first-order valence-corrected chi connectivity index (χ1v) is 11.1. The van der Waals surface area contributed by atoms with Crippen molar-refractivity contribution in [1.82, 2.24) is 16.0 Å². The lowest BCUT2D eigenvalue weighted by molar-refractivity contribution is 0.0490. The lowest BCUT2D eigenvalue weighted by atomic mass is 9.91.